The van der Waals surface area contributed by atoms with E-state index in [0.717, 1.165) is 35.5 Å². The van der Waals surface area contributed by atoms with Gasteiger partial charge in [-0.3, -0.25) is 4.79 Å². The minimum Gasteiger partial charge on any atom is -0.376 e. The molecule has 2 rings (SSSR count). The molecular weight excluding hydrogens is 272 g/mol. The molecule has 3 N–H and O–H groups in total. The van der Waals surface area contributed by atoms with E-state index < -0.39 is 0 Å². The summed E-state index contributed by atoms with van der Waals surface area (Å²) < 4.78 is 6.25. The van der Waals surface area contributed by atoms with E-state index in [4.69, 9.17) is 10.5 Å². The number of hydrogen-bond donors (Lipinski definition) is 2. The summed E-state index contributed by atoms with van der Waals surface area (Å²) in [6.45, 7) is 3.36. The Labute approximate surface area is 114 Å². The number of ether oxygens (including phenoxy) is 1. The Bertz CT molecular complexity index is 406. The summed E-state index contributed by atoms with van der Waals surface area (Å²) in [5, 5.41) is 11.7. The Morgan fingerprint density at radius 1 is 1.72 bits per heavy atom. The zero-order valence-corrected chi connectivity index (χ0v) is 11.7. The van der Waals surface area contributed by atoms with Crippen molar-refractivity contribution in [2.45, 2.75) is 35.5 Å². The summed E-state index contributed by atoms with van der Waals surface area (Å²) in [4.78, 5) is 10.9. The highest BCUT2D eigenvalue weighted by Gasteiger charge is 2.17. The Morgan fingerprint density at radius 2 is 2.56 bits per heavy atom. The van der Waals surface area contributed by atoms with Gasteiger partial charge in [-0.2, -0.15) is 0 Å². The Kier molecular flexibility index (Phi) is 4.79. The molecule has 0 spiro atoms. The number of thioether (sulfide) groups is 1. The average Bonchev–Trinajstić information content (AvgIpc) is 2.96. The first-order valence-electron chi connectivity index (χ1n) is 5.80. The molecule has 1 aliphatic heterocycles. The third kappa shape index (κ3) is 3.82. The van der Waals surface area contributed by atoms with Crippen LogP contribution in [0, 0.1) is 0 Å². The molecule has 8 heteroatoms. The molecule has 18 heavy (non-hydrogen) atoms. The van der Waals surface area contributed by atoms with Gasteiger partial charge in [-0.1, -0.05) is 23.1 Å². The van der Waals surface area contributed by atoms with Gasteiger partial charge in [-0.05, 0) is 19.8 Å². The number of anilines is 1. The highest BCUT2D eigenvalue weighted by molar-refractivity contribution is 8.02. The molecule has 2 heterocycles. The Hall–Kier alpha value is -0.860. The maximum absolute atomic E-state index is 10.9. The fourth-order valence-corrected chi connectivity index (χ4v) is 3.40. The number of nitrogens with one attached hydrogen (secondary N) is 1. The summed E-state index contributed by atoms with van der Waals surface area (Å²) in [5.41, 5.74) is 5.20. The van der Waals surface area contributed by atoms with Gasteiger partial charge in [0.15, 0.2) is 4.34 Å². The molecule has 1 saturated heterocycles. The summed E-state index contributed by atoms with van der Waals surface area (Å²) >= 11 is 2.76. The van der Waals surface area contributed by atoms with Crippen LogP contribution in [-0.4, -0.2) is 40.6 Å². The molecule has 0 radical (unpaired) electrons. The molecule has 1 amide bonds. The zero-order chi connectivity index (χ0) is 13.0. The van der Waals surface area contributed by atoms with Gasteiger partial charge >= 0.3 is 0 Å². The molecule has 2 unspecified atom stereocenters. The lowest BCUT2D eigenvalue weighted by Crippen LogP contribution is -2.22. The SMILES string of the molecule is CC(Sc1nnc(NCC2CCCO2)s1)C(N)=O. The van der Waals surface area contributed by atoms with Crippen LogP contribution < -0.4 is 11.1 Å². The predicted molar refractivity (Wildman–Crippen MR) is 71.9 cm³/mol. The van der Waals surface area contributed by atoms with E-state index in [9.17, 15) is 4.79 Å². The van der Waals surface area contributed by atoms with Crippen molar-refractivity contribution in [3.8, 4) is 0 Å². The molecule has 6 nitrogen and oxygen atoms in total. The molecule has 0 saturated carbocycles. The molecule has 1 aromatic rings. The Balaban J connectivity index is 1.80. The lowest BCUT2D eigenvalue weighted by molar-refractivity contribution is -0.117. The topological polar surface area (TPSA) is 90.1 Å². The number of carbonyl (C=O) groups is 1. The standard InChI is InChI=1S/C10H16N4O2S2/c1-6(8(11)15)17-10-14-13-9(18-10)12-5-7-3-2-4-16-7/h6-7H,2-5H2,1H3,(H2,11,15)(H,12,13). The van der Waals surface area contributed by atoms with Crippen molar-refractivity contribution >= 4 is 34.1 Å². The summed E-state index contributed by atoms with van der Waals surface area (Å²) in [6, 6.07) is 0. The van der Waals surface area contributed by atoms with Crippen LogP contribution in [0.5, 0.6) is 0 Å². The quantitative estimate of drug-likeness (QED) is 0.762. The minimum atomic E-state index is -0.343. The maximum Gasteiger partial charge on any atom is 0.230 e. The van der Waals surface area contributed by atoms with Crippen LogP contribution in [-0.2, 0) is 9.53 Å². The largest absolute Gasteiger partial charge is 0.376 e. The van der Waals surface area contributed by atoms with Crippen LogP contribution >= 0.6 is 23.1 Å². The van der Waals surface area contributed by atoms with E-state index in [0.29, 0.717) is 0 Å². The lowest BCUT2D eigenvalue weighted by atomic mass is 10.2. The van der Waals surface area contributed by atoms with Crippen molar-refractivity contribution in [1.29, 1.82) is 0 Å². The van der Waals surface area contributed by atoms with E-state index in [2.05, 4.69) is 15.5 Å². The van der Waals surface area contributed by atoms with Gasteiger partial charge in [0.05, 0.1) is 11.4 Å². The van der Waals surface area contributed by atoms with E-state index in [1.54, 1.807) is 6.92 Å². The minimum absolute atomic E-state index is 0.273. The Morgan fingerprint density at radius 3 is 3.22 bits per heavy atom. The molecule has 1 aliphatic rings. The first-order chi connectivity index (χ1) is 8.65. The van der Waals surface area contributed by atoms with Crippen LogP contribution in [0.25, 0.3) is 0 Å². The lowest BCUT2D eigenvalue weighted by Gasteiger charge is -2.08. The van der Waals surface area contributed by atoms with Gasteiger partial charge < -0.3 is 15.8 Å². The van der Waals surface area contributed by atoms with E-state index in [1.807, 2.05) is 0 Å². The second kappa shape index (κ2) is 6.35. The van der Waals surface area contributed by atoms with E-state index in [-0.39, 0.29) is 17.3 Å². The van der Waals surface area contributed by atoms with Crippen molar-refractivity contribution in [2.24, 2.45) is 5.73 Å². The van der Waals surface area contributed by atoms with Crippen molar-refractivity contribution in [1.82, 2.24) is 10.2 Å². The molecule has 2 atom stereocenters. The van der Waals surface area contributed by atoms with Crippen LogP contribution in [0.4, 0.5) is 5.13 Å². The summed E-state index contributed by atoms with van der Waals surface area (Å²) in [7, 11) is 0. The summed E-state index contributed by atoms with van der Waals surface area (Å²) in [5.74, 6) is -0.343. The molecular formula is C10H16N4O2S2. The van der Waals surface area contributed by atoms with Gasteiger partial charge in [0.25, 0.3) is 0 Å². The number of carbonyl (C=O) groups excluding carboxylic acids is 1. The number of aromatic nitrogens is 2. The van der Waals surface area contributed by atoms with Crippen LogP contribution in [0.3, 0.4) is 0 Å². The van der Waals surface area contributed by atoms with Crippen molar-refractivity contribution in [3.05, 3.63) is 0 Å². The third-order valence-electron chi connectivity index (χ3n) is 2.59. The van der Waals surface area contributed by atoms with Gasteiger partial charge in [-0.15, -0.1) is 10.2 Å². The predicted octanol–water partition coefficient (Wildman–Crippen LogP) is 1.09. The van der Waals surface area contributed by atoms with Crippen LogP contribution in [0.15, 0.2) is 4.34 Å². The first kappa shape index (κ1) is 13.6. The number of nitrogens with zero attached hydrogens (tertiary/aromatic N) is 2. The number of primary amides is 1. The van der Waals surface area contributed by atoms with Crippen molar-refractivity contribution in [2.75, 3.05) is 18.5 Å². The molecule has 1 aromatic heterocycles. The molecule has 0 bridgehead atoms. The van der Waals surface area contributed by atoms with E-state index >= 15 is 0 Å². The first-order valence-corrected chi connectivity index (χ1v) is 7.49. The van der Waals surface area contributed by atoms with Gasteiger partial charge in [-0.25, -0.2) is 0 Å². The van der Waals surface area contributed by atoms with Crippen LogP contribution in [0.1, 0.15) is 19.8 Å². The molecule has 0 aliphatic carbocycles. The third-order valence-corrected chi connectivity index (χ3v) is 4.67. The average molecular weight is 288 g/mol. The fraction of sp³-hybridized carbons (Fsp3) is 0.700. The monoisotopic (exact) mass is 288 g/mol. The molecule has 1 fully saturated rings. The number of amides is 1. The normalized spacial score (nSPS) is 20.8. The second-order valence-corrected chi connectivity index (χ2v) is 6.62. The number of hydrogen-bond acceptors (Lipinski definition) is 7. The highest BCUT2D eigenvalue weighted by Crippen LogP contribution is 2.28. The molecule has 0 aromatic carbocycles. The smallest absolute Gasteiger partial charge is 0.230 e. The van der Waals surface area contributed by atoms with Gasteiger partial charge in [0, 0.05) is 13.2 Å². The summed E-state index contributed by atoms with van der Waals surface area (Å²) in [6.07, 6.45) is 2.49. The number of nitrogens with two attached hydrogens (primary N) is 1. The number of rotatable bonds is 6. The van der Waals surface area contributed by atoms with Gasteiger partial charge in [0.2, 0.25) is 11.0 Å². The fourth-order valence-electron chi connectivity index (χ4n) is 1.54. The maximum atomic E-state index is 10.9. The zero-order valence-electron chi connectivity index (χ0n) is 10.1. The van der Waals surface area contributed by atoms with Crippen molar-refractivity contribution in [3.63, 3.8) is 0 Å². The van der Waals surface area contributed by atoms with Gasteiger partial charge in [0.1, 0.15) is 0 Å². The second-order valence-electron chi connectivity index (χ2n) is 4.05. The van der Waals surface area contributed by atoms with Crippen molar-refractivity contribution < 1.29 is 9.53 Å². The van der Waals surface area contributed by atoms with E-state index in [1.165, 1.54) is 23.1 Å². The molecule has 100 valence electrons. The highest BCUT2D eigenvalue weighted by atomic mass is 32.2. The van der Waals surface area contributed by atoms with Crippen LogP contribution in [0.2, 0.25) is 0 Å².